The van der Waals surface area contributed by atoms with E-state index in [1.807, 2.05) is 17.5 Å². The lowest BCUT2D eigenvalue weighted by atomic mass is 9.91. The van der Waals surface area contributed by atoms with E-state index >= 15 is 0 Å². The van der Waals surface area contributed by atoms with Gasteiger partial charge in [-0.3, -0.25) is 14.4 Å². The topological polar surface area (TPSA) is 114 Å². The molecular weight excluding hydrogens is 442 g/mol. The Morgan fingerprint density at radius 1 is 1.00 bits per heavy atom. The lowest BCUT2D eigenvalue weighted by molar-refractivity contribution is -0.125. The lowest BCUT2D eigenvalue weighted by Crippen LogP contribution is -2.45. The molecule has 0 saturated heterocycles. The molecule has 1 aliphatic rings. The zero-order valence-electron chi connectivity index (χ0n) is 18.1. The van der Waals surface area contributed by atoms with Gasteiger partial charge in [0.15, 0.2) is 5.76 Å². The molecule has 0 bridgehead atoms. The molecule has 3 heterocycles. The van der Waals surface area contributed by atoms with Crippen LogP contribution in [-0.2, 0) is 9.59 Å². The van der Waals surface area contributed by atoms with Crippen LogP contribution in [0.4, 0.5) is 0 Å². The van der Waals surface area contributed by atoms with Gasteiger partial charge in [0.05, 0.1) is 25.1 Å². The fourth-order valence-electron chi connectivity index (χ4n) is 4.12. The van der Waals surface area contributed by atoms with Gasteiger partial charge in [-0.2, -0.15) is 0 Å². The molecule has 1 saturated carbocycles. The van der Waals surface area contributed by atoms with Gasteiger partial charge in [0, 0.05) is 10.9 Å². The normalized spacial score (nSPS) is 16.0. The summed E-state index contributed by atoms with van der Waals surface area (Å²) in [5.74, 6) is -1.24. The Bertz CT molecular complexity index is 1020. The molecule has 9 heteroatoms. The molecule has 4 rings (SSSR count). The van der Waals surface area contributed by atoms with Crippen LogP contribution in [-0.4, -0.2) is 30.3 Å². The summed E-state index contributed by atoms with van der Waals surface area (Å²) in [5.41, 5.74) is 0. The van der Waals surface area contributed by atoms with Crippen molar-refractivity contribution in [1.29, 1.82) is 0 Å². The van der Waals surface area contributed by atoms with Crippen LogP contribution in [0, 0.1) is 0 Å². The maximum Gasteiger partial charge on any atom is 0.287 e. The van der Waals surface area contributed by atoms with Crippen LogP contribution in [0.15, 0.2) is 63.1 Å². The van der Waals surface area contributed by atoms with Gasteiger partial charge in [0.25, 0.3) is 5.91 Å². The van der Waals surface area contributed by atoms with Crippen molar-refractivity contribution >= 4 is 29.1 Å². The number of amides is 3. The lowest BCUT2D eigenvalue weighted by Gasteiger charge is -2.29. The van der Waals surface area contributed by atoms with Crippen molar-refractivity contribution in [2.24, 2.45) is 0 Å². The number of thiophene rings is 1. The van der Waals surface area contributed by atoms with Gasteiger partial charge in [0.2, 0.25) is 11.8 Å². The van der Waals surface area contributed by atoms with E-state index in [2.05, 4.69) is 16.0 Å². The van der Waals surface area contributed by atoms with E-state index in [-0.39, 0.29) is 24.3 Å². The van der Waals surface area contributed by atoms with Crippen molar-refractivity contribution in [3.8, 4) is 0 Å². The van der Waals surface area contributed by atoms with Crippen molar-refractivity contribution in [2.75, 3.05) is 6.54 Å². The predicted octanol–water partition coefficient (Wildman–Crippen LogP) is 3.75. The van der Waals surface area contributed by atoms with Crippen LogP contribution in [0.1, 0.15) is 65.3 Å². The first-order valence-electron chi connectivity index (χ1n) is 11.1. The molecule has 3 amide bonds. The van der Waals surface area contributed by atoms with Crippen LogP contribution < -0.4 is 16.0 Å². The largest absolute Gasteiger partial charge is 0.468 e. The molecule has 0 spiro atoms. The fraction of sp³-hybridized carbons (Fsp3) is 0.375. The number of hydrogen-bond acceptors (Lipinski definition) is 6. The summed E-state index contributed by atoms with van der Waals surface area (Å²) in [4.78, 5) is 39.2. The molecular formula is C24H27N3O5S. The average Bonchev–Trinajstić information content (AvgIpc) is 3.61. The zero-order valence-corrected chi connectivity index (χ0v) is 18.9. The maximum atomic E-state index is 13.4. The summed E-state index contributed by atoms with van der Waals surface area (Å²) in [6.45, 7) is -0.253. The third-order valence-electron chi connectivity index (χ3n) is 5.74. The van der Waals surface area contributed by atoms with Crippen LogP contribution in [0.25, 0.3) is 0 Å². The Labute approximate surface area is 195 Å². The van der Waals surface area contributed by atoms with Gasteiger partial charge in [-0.05, 0) is 48.6 Å². The molecule has 3 aromatic heterocycles. The van der Waals surface area contributed by atoms with Crippen molar-refractivity contribution in [3.63, 3.8) is 0 Å². The first kappa shape index (κ1) is 22.8. The van der Waals surface area contributed by atoms with E-state index < -0.39 is 23.8 Å². The summed E-state index contributed by atoms with van der Waals surface area (Å²) < 4.78 is 10.7. The molecule has 1 aliphatic carbocycles. The standard InChI is InChI=1S/C24H27N3O5S/c28-20(15-25-23(29)18-10-5-13-32-18)27-22(19-11-6-14-33-19)21(17-9-4-12-31-17)24(30)26-16-7-2-1-3-8-16/h4-6,9-14,16,21-22H,1-3,7-8,15H2,(H,25,29)(H,26,30)(H,27,28). The number of nitrogens with one attached hydrogen (secondary N) is 3. The van der Waals surface area contributed by atoms with Crippen LogP contribution in [0.2, 0.25) is 0 Å². The predicted molar refractivity (Wildman–Crippen MR) is 123 cm³/mol. The van der Waals surface area contributed by atoms with Gasteiger partial charge in [0.1, 0.15) is 11.7 Å². The molecule has 3 N–H and O–H groups in total. The van der Waals surface area contributed by atoms with Gasteiger partial charge in [-0.25, -0.2) is 0 Å². The highest BCUT2D eigenvalue weighted by atomic mass is 32.1. The van der Waals surface area contributed by atoms with Crippen molar-refractivity contribution < 1.29 is 23.2 Å². The monoisotopic (exact) mass is 469 g/mol. The Morgan fingerprint density at radius 2 is 1.79 bits per heavy atom. The highest BCUT2D eigenvalue weighted by molar-refractivity contribution is 7.10. The second-order valence-corrected chi connectivity index (χ2v) is 9.04. The van der Waals surface area contributed by atoms with E-state index in [0.717, 1.165) is 30.6 Å². The van der Waals surface area contributed by atoms with Gasteiger partial charge >= 0.3 is 0 Å². The molecule has 33 heavy (non-hydrogen) atoms. The van der Waals surface area contributed by atoms with Crippen LogP contribution >= 0.6 is 11.3 Å². The first-order chi connectivity index (χ1) is 16.1. The minimum atomic E-state index is -0.745. The number of carbonyl (C=O) groups is 3. The third-order valence-corrected chi connectivity index (χ3v) is 6.69. The van der Waals surface area contributed by atoms with Gasteiger partial charge < -0.3 is 24.8 Å². The van der Waals surface area contributed by atoms with Gasteiger partial charge in [-0.15, -0.1) is 11.3 Å². The highest BCUT2D eigenvalue weighted by Crippen LogP contribution is 2.34. The number of furan rings is 2. The highest BCUT2D eigenvalue weighted by Gasteiger charge is 2.36. The number of hydrogen-bond donors (Lipinski definition) is 3. The van der Waals surface area contributed by atoms with E-state index in [9.17, 15) is 14.4 Å². The average molecular weight is 470 g/mol. The summed E-state index contributed by atoms with van der Waals surface area (Å²) in [6.07, 6.45) is 8.18. The van der Waals surface area contributed by atoms with Gasteiger partial charge in [-0.1, -0.05) is 25.3 Å². The molecule has 174 valence electrons. The van der Waals surface area contributed by atoms with E-state index in [1.165, 1.54) is 36.4 Å². The number of carbonyl (C=O) groups excluding carboxylic acids is 3. The minimum absolute atomic E-state index is 0.121. The fourth-order valence-corrected chi connectivity index (χ4v) is 4.93. The molecule has 8 nitrogen and oxygen atoms in total. The second kappa shape index (κ2) is 11.0. The first-order valence-corrected chi connectivity index (χ1v) is 12.0. The SMILES string of the molecule is O=C(CNC(=O)c1ccco1)NC(c1cccs1)C(C(=O)NC1CCCCC1)c1ccco1. The summed E-state index contributed by atoms with van der Waals surface area (Å²) in [5, 5.41) is 10.5. The Hall–Kier alpha value is -3.33. The minimum Gasteiger partial charge on any atom is -0.468 e. The van der Waals surface area contributed by atoms with Crippen LogP contribution in [0.5, 0.6) is 0 Å². The van der Waals surface area contributed by atoms with Crippen LogP contribution in [0.3, 0.4) is 0 Å². The Morgan fingerprint density at radius 3 is 2.45 bits per heavy atom. The van der Waals surface area contributed by atoms with Crippen molar-refractivity contribution in [2.45, 2.75) is 50.1 Å². The summed E-state index contributed by atoms with van der Waals surface area (Å²) in [7, 11) is 0. The smallest absolute Gasteiger partial charge is 0.287 e. The third kappa shape index (κ3) is 5.92. The molecule has 0 aliphatic heterocycles. The Balaban J connectivity index is 1.50. The summed E-state index contributed by atoms with van der Waals surface area (Å²) >= 11 is 1.45. The molecule has 2 unspecified atom stereocenters. The summed E-state index contributed by atoms with van der Waals surface area (Å²) in [6, 6.07) is 9.81. The van der Waals surface area contributed by atoms with E-state index in [0.29, 0.717) is 5.76 Å². The molecule has 0 radical (unpaired) electrons. The molecule has 3 aromatic rings. The van der Waals surface area contributed by atoms with E-state index in [4.69, 9.17) is 8.83 Å². The quantitative estimate of drug-likeness (QED) is 0.442. The zero-order chi connectivity index (χ0) is 23.0. The molecule has 0 aromatic carbocycles. The molecule has 1 fully saturated rings. The maximum absolute atomic E-state index is 13.4. The molecule has 2 atom stereocenters. The van der Waals surface area contributed by atoms with Crippen molar-refractivity contribution in [3.05, 3.63) is 70.7 Å². The van der Waals surface area contributed by atoms with E-state index in [1.54, 1.807) is 18.2 Å². The van der Waals surface area contributed by atoms with Crippen molar-refractivity contribution in [1.82, 2.24) is 16.0 Å². The number of rotatable bonds is 9. The Kier molecular flexibility index (Phi) is 7.62. The second-order valence-electron chi connectivity index (χ2n) is 8.06.